The van der Waals surface area contributed by atoms with E-state index >= 15 is 0 Å². The van der Waals surface area contributed by atoms with Gasteiger partial charge in [-0.3, -0.25) is 0 Å². The maximum Gasteiger partial charge on any atom is 0.0725 e. The normalized spacial score (nSPS) is 17.1. The Hall–Kier alpha value is -8.58. The molecule has 19 rings (SSSR count). The Bertz CT molecular complexity index is 4580. The van der Waals surface area contributed by atoms with Gasteiger partial charge in [0.05, 0.1) is 5.41 Å². The van der Waals surface area contributed by atoms with Crippen LogP contribution in [0.3, 0.4) is 0 Å². The van der Waals surface area contributed by atoms with E-state index in [1.54, 1.807) is 22.3 Å². The second-order valence-corrected chi connectivity index (χ2v) is 31.4. The summed E-state index contributed by atoms with van der Waals surface area (Å²) >= 11 is 0. The van der Waals surface area contributed by atoms with Crippen LogP contribution in [0.4, 0.5) is 0 Å². The van der Waals surface area contributed by atoms with Gasteiger partial charge in [-0.15, -0.1) is 0 Å². The Kier molecular flexibility index (Phi) is 14.0. The molecule has 0 nitrogen and oxygen atoms in total. The Morgan fingerprint density at radius 2 is 0.351 bits per heavy atom. The van der Waals surface area contributed by atoms with E-state index in [0.29, 0.717) is 10.8 Å². The third-order valence-corrected chi connectivity index (χ3v) is 24.2. The van der Waals surface area contributed by atoms with Crippen molar-refractivity contribution in [3.63, 3.8) is 0 Å². The average molecular weight is 1220 g/mol. The molecule has 0 saturated heterocycles. The molecule has 0 radical (unpaired) electrons. The quantitative estimate of drug-likeness (QED) is 0.142. The molecule has 8 aliphatic rings. The van der Waals surface area contributed by atoms with Crippen LogP contribution in [0.25, 0.3) is 66.8 Å². The monoisotopic (exact) mass is 1220 g/mol. The highest BCUT2D eigenvalue weighted by atomic mass is 14.5. The number of fused-ring (bicyclic) bond motifs is 26. The molecule has 0 aromatic heterocycles. The molecule has 0 aliphatic heterocycles. The van der Waals surface area contributed by atoms with Crippen LogP contribution in [0.15, 0.2) is 194 Å². The van der Waals surface area contributed by atoms with E-state index in [0.717, 1.165) is 0 Å². The lowest BCUT2D eigenvalue weighted by Crippen LogP contribution is -2.28. The summed E-state index contributed by atoms with van der Waals surface area (Å²) < 4.78 is 0. The van der Waals surface area contributed by atoms with E-state index in [-0.39, 0.29) is 16.2 Å². The van der Waals surface area contributed by atoms with Gasteiger partial charge in [-0.2, -0.15) is 0 Å². The molecule has 0 N–H and O–H groups in total. The zero-order valence-electron chi connectivity index (χ0n) is 58.3. The number of benzene rings is 11. The fourth-order valence-electron chi connectivity index (χ4n) is 19.5. The standard InChI is InChI=1S/C29H24.C26H26.C20H22.C19H20/c1-17-5-9-21-22-10-6-18(2)14-26(22)29(25(21)13-17)27-15-19(3)7-11-23(27)24-12-8-20(4)16-28(24)29;1-15-7-9-17-19-13-24-20(14-23(19)25(3,4)21(17)11-15)18-10-8-16(2)12-22(18)26(24,5)6;1-14-6-8-16-17-9-7-15(2)13-19(17)20(18(16)12-14)10-4-3-5-11-20;1-13-5-7-15-16-8-6-14(2)12-18(16)19(17(15)11-13)9-3-4-10-19/h5-16H,1-4H3;7-14H,1-6H3;6-9,12-13H,3-5,10-11H2,1-2H3;5-8,11-12H,3-4,9-10H2,1-2H3. The van der Waals surface area contributed by atoms with Crippen molar-refractivity contribution in [3.05, 3.63) is 317 Å². The predicted molar refractivity (Wildman–Crippen MR) is 399 cm³/mol. The highest BCUT2D eigenvalue weighted by molar-refractivity contribution is 5.96. The predicted octanol–water partition coefficient (Wildman–Crippen LogP) is 24.9. The zero-order chi connectivity index (χ0) is 65.1. The van der Waals surface area contributed by atoms with Gasteiger partial charge in [-0.25, -0.2) is 0 Å². The summed E-state index contributed by atoms with van der Waals surface area (Å²) in [7, 11) is 0. The molecule has 11 aromatic carbocycles. The third-order valence-electron chi connectivity index (χ3n) is 24.2. The molecule has 2 fully saturated rings. The lowest BCUT2D eigenvalue weighted by Gasteiger charge is -2.36. The smallest absolute Gasteiger partial charge is 0.0587 e. The molecule has 468 valence electrons. The Balaban J connectivity index is 0.000000101. The molecule has 0 bridgehead atoms. The summed E-state index contributed by atoms with van der Waals surface area (Å²) in [5, 5.41) is 0. The summed E-state index contributed by atoms with van der Waals surface area (Å²) in [5.41, 5.74) is 49.4. The Labute approximate surface area is 561 Å². The zero-order valence-corrected chi connectivity index (χ0v) is 58.3. The lowest BCUT2D eigenvalue weighted by atomic mass is 9.67. The van der Waals surface area contributed by atoms with Crippen LogP contribution >= 0.6 is 0 Å². The molecule has 3 spiro atoms. The second kappa shape index (κ2) is 21.7. The van der Waals surface area contributed by atoms with E-state index in [4.69, 9.17) is 0 Å². The summed E-state index contributed by atoms with van der Waals surface area (Å²) in [5.74, 6) is 0. The van der Waals surface area contributed by atoms with Gasteiger partial charge in [0.15, 0.2) is 0 Å². The summed E-state index contributed by atoms with van der Waals surface area (Å²) in [6.45, 7) is 31.6. The maximum absolute atomic E-state index is 2.49. The van der Waals surface area contributed by atoms with Crippen molar-refractivity contribution >= 4 is 0 Å². The van der Waals surface area contributed by atoms with Crippen LogP contribution < -0.4 is 0 Å². The number of aryl methyl sites for hydroxylation is 10. The average Bonchev–Trinajstić information content (AvgIpc) is 1.51. The van der Waals surface area contributed by atoms with Crippen molar-refractivity contribution < 1.29 is 0 Å². The van der Waals surface area contributed by atoms with Crippen LogP contribution in [0.5, 0.6) is 0 Å². The Morgan fingerprint density at radius 3 is 0.585 bits per heavy atom. The van der Waals surface area contributed by atoms with Crippen molar-refractivity contribution in [3.8, 4) is 66.8 Å². The van der Waals surface area contributed by atoms with Crippen LogP contribution in [0, 0.1) is 69.2 Å². The van der Waals surface area contributed by atoms with Crippen LogP contribution in [0.2, 0.25) is 0 Å². The molecular weight excluding hydrogens is 1130 g/mol. The van der Waals surface area contributed by atoms with Crippen molar-refractivity contribution in [1.29, 1.82) is 0 Å². The van der Waals surface area contributed by atoms with Gasteiger partial charge in [-0.1, -0.05) is 297 Å². The van der Waals surface area contributed by atoms with Crippen molar-refractivity contribution in [2.45, 2.75) is 182 Å². The first-order chi connectivity index (χ1) is 45.1. The first-order valence-electron chi connectivity index (χ1n) is 35.4. The first-order valence-corrected chi connectivity index (χ1v) is 35.4. The van der Waals surface area contributed by atoms with E-state index in [1.807, 2.05) is 0 Å². The topological polar surface area (TPSA) is 0 Å². The molecule has 0 amide bonds. The minimum atomic E-state index is -0.217. The van der Waals surface area contributed by atoms with Crippen LogP contribution in [-0.4, -0.2) is 0 Å². The fourth-order valence-corrected chi connectivity index (χ4v) is 19.5. The highest BCUT2D eigenvalue weighted by Crippen LogP contribution is 2.64. The van der Waals surface area contributed by atoms with E-state index in [2.05, 4.69) is 291 Å². The van der Waals surface area contributed by atoms with E-state index in [9.17, 15) is 0 Å². The molecule has 2 saturated carbocycles. The van der Waals surface area contributed by atoms with Crippen molar-refractivity contribution in [2.24, 2.45) is 0 Å². The highest BCUT2D eigenvalue weighted by Gasteiger charge is 2.53. The largest absolute Gasteiger partial charge is 0.0725 e. The first kappa shape index (κ1) is 60.4. The van der Waals surface area contributed by atoms with Crippen molar-refractivity contribution in [2.75, 3.05) is 0 Å². The van der Waals surface area contributed by atoms with Crippen LogP contribution in [0.1, 0.15) is 208 Å². The van der Waals surface area contributed by atoms with Crippen LogP contribution in [-0.2, 0) is 27.1 Å². The van der Waals surface area contributed by atoms with E-state index in [1.165, 1.54) is 225 Å². The fraction of sp³-hybridized carbons (Fsp3) is 0.298. The van der Waals surface area contributed by atoms with Gasteiger partial charge in [0, 0.05) is 21.7 Å². The van der Waals surface area contributed by atoms with Gasteiger partial charge in [0.1, 0.15) is 0 Å². The summed E-state index contributed by atoms with van der Waals surface area (Å²) in [6, 6.07) is 75.1. The molecule has 0 heteroatoms. The summed E-state index contributed by atoms with van der Waals surface area (Å²) in [4.78, 5) is 0. The number of hydrogen-bond acceptors (Lipinski definition) is 0. The Morgan fingerprint density at radius 1 is 0.181 bits per heavy atom. The van der Waals surface area contributed by atoms with Gasteiger partial charge < -0.3 is 0 Å². The lowest BCUT2D eigenvalue weighted by molar-refractivity contribution is 0.352. The summed E-state index contributed by atoms with van der Waals surface area (Å²) in [6.07, 6.45) is 12.2. The van der Waals surface area contributed by atoms with E-state index < -0.39 is 0 Å². The molecule has 11 aromatic rings. The molecule has 8 aliphatic carbocycles. The minimum absolute atomic E-state index is 0.0588. The van der Waals surface area contributed by atoms with Crippen molar-refractivity contribution in [1.82, 2.24) is 0 Å². The number of rotatable bonds is 0. The second-order valence-electron chi connectivity index (χ2n) is 31.4. The van der Waals surface area contributed by atoms with Gasteiger partial charge in [0.2, 0.25) is 0 Å². The SMILES string of the molecule is Cc1ccc2c(c1)C(C)(C)c1cc3c(cc1-2)C(C)(C)c1cc(C)ccc1-3.Cc1ccc2c(c1)C1(CCCC1)c1cc(C)ccc1-2.Cc1ccc2c(c1)C1(CCCCC1)c1cc(C)ccc1-2.Cc1ccc2c(c1)C1(c3cc(C)ccc3-2)c2cc(C)ccc2-c2ccc(C)cc21. The molecule has 0 unspecified atom stereocenters. The van der Waals surface area contributed by atoms with Gasteiger partial charge in [-0.05, 0) is 241 Å². The third kappa shape index (κ3) is 8.89. The van der Waals surface area contributed by atoms with Gasteiger partial charge in [0.25, 0.3) is 0 Å². The molecule has 0 atom stereocenters. The maximum atomic E-state index is 2.49. The van der Waals surface area contributed by atoms with Gasteiger partial charge >= 0.3 is 0 Å². The molecule has 0 heterocycles. The molecule has 94 heavy (non-hydrogen) atoms. The minimum Gasteiger partial charge on any atom is -0.0587 e. The molecular formula is C94H92. The number of hydrogen-bond donors (Lipinski definition) is 0.